The van der Waals surface area contributed by atoms with Crippen molar-refractivity contribution >= 4 is 11.8 Å². The summed E-state index contributed by atoms with van der Waals surface area (Å²) in [4.78, 5) is 32.0. The molecule has 1 saturated carbocycles. The number of nitrogens with zero attached hydrogens (tertiary/aromatic N) is 2. The van der Waals surface area contributed by atoms with Crippen molar-refractivity contribution in [1.82, 2.24) is 15.1 Å². The molecule has 4 rings (SSSR count). The van der Waals surface area contributed by atoms with Crippen LogP contribution >= 0.6 is 0 Å². The second-order valence-corrected chi connectivity index (χ2v) is 9.69. The summed E-state index contributed by atoms with van der Waals surface area (Å²) in [7, 11) is 4.70. The number of hydrogen-bond acceptors (Lipinski definition) is 7. The Labute approximate surface area is 225 Å². The Morgan fingerprint density at radius 1 is 0.974 bits per heavy atom. The number of amides is 2. The lowest BCUT2D eigenvalue weighted by atomic mass is 10.0. The van der Waals surface area contributed by atoms with Crippen molar-refractivity contribution in [2.45, 2.75) is 37.8 Å². The first-order chi connectivity index (χ1) is 18.5. The van der Waals surface area contributed by atoms with Crippen molar-refractivity contribution in [2.75, 3.05) is 60.7 Å². The molecule has 2 amide bonds. The molecule has 1 aliphatic carbocycles. The van der Waals surface area contributed by atoms with Gasteiger partial charge in [-0.3, -0.25) is 14.5 Å². The van der Waals surface area contributed by atoms with Gasteiger partial charge >= 0.3 is 0 Å². The molecule has 206 valence electrons. The summed E-state index contributed by atoms with van der Waals surface area (Å²) in [5.74, 6) is 1.27. The molecule has 2 aromatic carbocycles. The van der Waals surface area contributed by atoms with Gasteiger partial charge in [0, 0.05) is 37.8 Å². The van der Waals surface area contributed by atoms with Gasteiger partial charge in [-0.15, -0.1) is 0 Å². The molecule has 2 aromatic rings. The Morgan fingerprint density at radius 2 is 1.66 bits per heavy atom. The molecule has 0 unspecified atom stereocenters. The first-order valence-electron chi connectivity index (χ1n) is 13.3. The van der Waals surface area contributed by atoms with Gasteiger partial charge in [-0.25, -0.2) is 0 Å². The maximum atomic E-state index is 14.1. The summed E-state index contributed by atoms with van der Waals surface area (Å²) in [5, 5.41) is 3.23. The zero-order chi connectivity index (χ0) is 26.9. The minimum atomic E-state index is -0.803. The van der Waals surface area contributed by atoms with E-state index in [1.54, 1.807) is 37.3 Å². The number of hydrogen-bond donors (Lipinski definition) is 1. The molecule has 9 heteroatoms. The predicted molar refractivity (Wildman–Crippen MR) is 144 cm³/mol. The van der Waals surface area contributed by atoms with Crippen LogP contribution < -0.4 is 19.5 Å². The fourth-order valence-corrected chi connectivity index (χ4v) is 5.17. The van der Waals surface area contributed by atoms with Crippen molar-refractivity contribution in [3.8, 4) is 17.2 Å². The van der Waals surface area contributed by atoms with Gasteiger partial charge in [-0.05, 0) is 48.7 Å². The number of benzene rings is 2. The molecule has 1 N–H and O–H groups in total. The highest BCUT2D eigenvalue weighted by Gasteiger charge is 2.34. The maximum Gasteiger partial charge on any atom is 0.254 e. The van der Waals surface area contributed by atoms with Crippen LogP contribution in [0.3, 0.4) is 0 Å². The fourth-order valence-electron chi connectivity index (χ4n) is 5.17. The highest BCUT2D eigenvalue weighted by Crippen LogP contribution is 2.31. The van der Waals surface area contributed by atoms with E-state index in [0.29, 0.717) is 49.1 Å². The van der Waals surface area contributed by atoms with E-state index < -0.39 is 6.04 Å². The number of carbonyl (C=O) groups excluding carboxylic acids is 2. The molecule has 0 aromatic heterocycles. The van der Waals surface area contributed by atoms with Gasteiger partial charge in [-0.2, -0.15) is 0 Å². The fraction of sp³-hybridized carbons (Fsp3) is 0.517. The van der Waals surface area contributed by atoms with Crippen molar-refractivity contribution in [1.29, 1.82) is 0 Å². The van der Waals surface area contributed by atoms with Crippen molar-refractivity contribution in [3.63, 3.8) is 0 Å². The average molecular weight is 526 g/mol. The van der Waals surface area contributed by atoms with Gasteiger partial charge in [0.1, 0.15) is 11.8 Å². The Kier molecular flexibility index (Phi) is 9.84. The average Bonchev–Trinajstić information content (AvgIpc) is 3.48. The Hall–Kier alpha value is -3.30. The molecule has 1 heterocycles. The number of rotatable bonds is 11. The van der Waals surface area contributed by atoms with E-state index in [1.807, 2.05) is 24.3 Å². The third kappa shape index (κ3) is 6.76. The SMILES string of the molecule is COc1ccc([C@H](C(=O)NC2CCCC2)N(CCN2CCOCC2)C(=O)c2ccc(OC)c(OC)c2)cc1. The lowest BCUT2D eigenvalue weighted by Gasteiger charge is -2.35. The molecule has 9 nitrogen and oxygen atoms in total. The third-order valence-corrected chi connectivity index (χ3v) is 7.35. The molecule has 38 heavy (non-hydrogen) atoms. The summed E-state index contributed by atoms with van der Waals surface area (Å²) in [6, 6.07) is 11.8. The zero-order valence-electron chi connectivity index (χ0n) is 22.6. The highest BCUT2D eigenvalue weighted by atomic mass is 16.5. The smallest absolute Gasteiger partial charge is 0.254 e. The molecular weight excluding hydrogens is 486 g/mol. The van der Waals surface area contributed by atoms with E-state index in [1.165, 1.54) is 7.11 Å². The van der Waals surface area contributed by atoms with Gasteiger partial charge in [0.15, 0.2) is 11.5 Å². The van der Waals surface area contributed by atoms with E-state index >= 15 is 0 Å². The van der Waals surface area contributed by atoms with Gasteiger partial charge < -0.3 is 29.2 Å². The normalized spacial score (nSPS) is 17.0. The molecule has 0 radical (unpaired) electrons. The predicted octanol–water partition coefficient (Wildman–Crippen LogP) is 3.29. The van der Waals surface area contributed by atoms with Crippen LogP contribution in [0.25, 0.3) is 0 Å². The topological polar surface area (TPSA) is 89.6 Å². The molecule has 0 bridgehead atoms. The summed E-state index contributed by atoms with van der Waals surface area (Å²) in [6.45, 7) is 3.91. The van der Waals surface area contributed by atoms with Crippen LogP contribution in [0.15, 0.2) is 42.5 Å². The van der Waals surface area contributed by atoms with Crippen LogP contribution in [0.4, 0.5) is 0 Å². The van der Waals surface area contributed by atoms with Crippen LogP contribution in [0, 0.1) is 0 Å². The lowest BCUT2D eigenvalue weighted by Crippen LogP contribution is -2.49. The molecule has 1 aliphatic heterocycles. The number of morpholine rings is 1. The summed E-state index contributed by atoms with van der Waals surface area (Å²) >= 11 is 0. The Bertz CT molecular complexity index is 1060. The van der Waals surface area contributed by atoms with E-state index in [0.717, 1.165) is 44.3 Å². The van der Waals surface area contributed by atoms with Crippen molar-refractivity contribution in [2.24, 2.45) is 0 Å². The van der Waals surface area contributed by atoms with E-state index in [4.69, 9.17) is 18.9 Å². The first kappa shape index (κ1) is 27.7. The molecule has 1 saturated heterocycles. The summed E-state index contributed by atoms with van der Waals surface area (Å²) in [5.41, 5.74) is 1.16. The van der Waals surface area contributed by atoms with Gasteiger partial charge in [0.2, 0.25) is 5.91 Å². The zero-order valence-corrected chi connectivity index (χ0v) is 22.6. The van der Waals surface area contributed by atoms with E-state index in [9.17, 15) is 9.59 Å². The van der Waals surface area contributed by atoms with Crippen LogP contribution in [0.2, 0.25) is 0 Å². The van der Waals surface area contributed by atoms with Crippen LogP contribution in [0.5, 0.6) is 17.2 Å². The highest BCUT2D eigenvalue weighted by molar-refractivity contribution is 5.98. The largest absolute Gasteiger partial charge is 0.497 e. The second kappa shape index (κ2) is 13.5. The maximum absolute atomic E-state index is 14.1. The summed E-state index contributed by atoms with van der Waals surface area (Å²) < 4.78 is 21.7. The second-order valence-electron chi connectivity index (χ2n) is 9.69. The van der Waals surface area contributed by atoms with Gasteiger partial charge in [0.05, 0.1) is 34.5 Å². The minimum absolute atomic E-state index is 0.125. The van der Waals surface area contributed by atoms with Gasteiger partial charge in [0.25, 0.3) is 5.91 Å². The van der Waals surface area contributed by atoms with Crippen LogP contribution in [-0.2, 0) is 9.53 Å². The molecule has 2 fully saturated rings. The molecule has 1 atom stereocenters. The Balaban J connectivity index is 1.70. The van der Waals surface area contributed by atoms with Crippen LogP contribution in [0.1, 0.15) is 47.6 Å². The quantitative estimate of drug-likeness (QED) is 0.482. The monoisotopic (exact) mass is 525 g/mol. The number of nitrogens with one attached hydrogen (secondary N) is 1. The Morgan fingerprint density at radius 3 is 2.29 bits per heavy atom. The number of methoxy groups -OCH3 is 3. The lowest BCUT2D eigenvalue weighted by molar-refractivity contribution is -0.126. The molecular formula is C29H39N3O6. The first-order valence-corrected chi connectivity index (χ1v) is 13.3. The van der Waals surface area contributed by atoms with E-state index in [2.05, 4.69) is 10.2 Å². The van der Waals surface area contributed by atoms with Gasteiger partial charge in [-0.1, -0.05) is 25.0 Å². The standard InChI is InChI=1S/C29H39N3O6/c1-35-24-11-8-21(9-12-24)27(28(33)30-23-6-4-5-7-23)32(15-14-31-16-18-38-19-17-31)29(34)22-10-13-25(36-2)26(20-22)37-3/h8-13,20,23,27H,4-7,14-19H2,1-3H3,(H,30,33)/t27-/m1/s1. The van der Waals surface area contributed by atoms with E-state index in [-0.39, 0.29) is 17.9 Å². The van der Waals surface area contributed by atoms with Crippen LogP contribution in [-0.4, -0.2) is 88.4 Å². The van der Waals surface area contributed by atoms with Crippen molar-refractivity contribution < 1.29 is 28.5 Å². The number of carbonyl (C=O) groups is 2. The molecule has 2 aliphatic rings. The minimum Gasteiger partial charge on any atom is -0.497 e. The third-order valence-electron chi connectivity index (χ3n) is 7.35. The molecule has 0 spiro atoms. The summed E-state index contributed by atoms with van der Waals surface area (Å²) in [6.07, 6.45) is 4.11. The van der Waals surface area contributed by atoms with Crippen molar-refractivity contribution in [3.05, 3.63) is 53.6 Å². The number of ether oxygens (including phenoxy) is 4.